The molecule has 0 radical (unpaired) electrons. The van der Waals surface area contributed by atoms with Crippen LogP contribution in [0.4, 0.5) is 5.69 Å². The molecular weight excluding hydrogens is 346 g/mol. The third-order valence-corrected chi connectivity index (χ3v) is 5.03. The first-order valence-corrected chi connectivity index (χ1v) is 9.43. The van der Waals surface area contributed by atoms with Gasteiger partial charge in [0, 0.05) is 43.4 Å². The molecule has 1 saturated heterocycles. The van der Waals surface area contributed by atoms with Crippen molar-refractivity contribution in [3.8, 4) is 0 Å². The predicted molar refractivity (Wildman–Crippen MR) is 108 cm³/mol. The number of hydrogen-bond donors (Lipinski definition) is 1. The third kappa shape index (κ3) is 5.31. The van der Waals surface area contributed by atoms with E-state index in [-0.39, 0.29) is 5.91 Å². The Labute approximate surface area is 160 Å². The maximum Gasteiger partial charge on any atom is 0.238 e. The van der Waals surface area contributed by atoms with E-state index >= 15 is 0 Å². The van der Waals surface area contributed by atoms with Gasteiger partial charge in [0.05, 0.1) is 6.54 Å². The number of nitrogens with one attached hydrogen (secondary N) is 1. The van der Waals surface area contributed by atoms with E-state index in [1.54, 1.807) is 0 Å². The van der Waals surface area contributed by atoms with Crippen LogP contribution in [-0.2, 0) is 11.3 Å². The van der Waals surface area contributed by atoms with Gasteiger partial charge in [0.2, 0.25) is 5.91 Å². The average molecular weight is 372 g/mol. The van der Waals surface area contributed by atoms with Crippen molar-refractivity contribution in [3.05, 3.63) is 64.2 Å². The van der Waals surface area contributed by atoms with E-state index in [1.165, 1.54) is 5.56 Å². The SMILES string of the molecule is Cc1ccc(C)c(NC(=O)CN2CCN(Cc3cccc(Cl)c3)CC2)c1. The van der Waals surface area contributed by atoms with Crippen molar-refractivity contribution in [2.24, 2.45) is 0 Å². The Morgan fingerprint density at radius 2 is 1.77 bits per heavy atom. The van der Waals surface area contributed by atoms with Crippen LogP contribution in [0.5, 0.6) is 0 Å². The Kier molecular flexibility index (Phi) is 6.30. The minimum atomic E-state index is 0.0574. The van der Waals surface area contributed by atoms with Crippen LogP contribution >= 0.6 is 11.6 Å². The molecule has 1 aliphatic rings. The molecule has 0 saturated carbocycles. The van der Waals surface area contributed by atoms with Crippen LogP contribution in [0.3, 0.4) is 0 Å². The van der Waals surface area contributed by atoms with Crippen LogP contribution < -0.4 is 5.32 Å². The summed E-state index contributed by atoms with van der Waals surface area (Å²) in [6.45, 7) is 9.13. The van der Waals surface area contributed by atoms with Crippen LogP contribution in [0.25, 0.3) is 0 Å². The van der Waals surface area contributed by atoms with Crippen molar-refractivity contribution < 1.29 is 4.79 Å². The lowest BCUT2D eigenvalue weighted by Crippen LogP contribution is -2.48. The van der Waals surface area contributed by atoms with Crippen molar-refractivity contribution >= 4 is 23.2 Å². The summed E-state index contributed by atoms with van der Waals surface area (Å²) in [4.78, 5) is 17.0. The summed E-state index contributed by atoms with van der Waals surface area (Å²) >= 11 is 6.06. The molecule has 0 spiro atoms. The van der Waals surface area contributed by atoms with E-state index < -0.39 is 0 Å². The number of rotatable bonds is 5. The number of amides is 1. The first-order valence-electron chi connectivity index (χ1n) is 9.06. The molecule has 4 nitrogen and oxygen atoms in total. The molecule has 0 aromatic heterocycles. The van der Waals surface area contributed by atoms with Crippen LogP contribution in [0.1, 0.15) is 16.7 Å². The van der Waals surface area contributed by atoms with E-state index in [0.29, 0.717) is 6.54 Å². The van der Waals surface area contributed by atoms with Gasteiger partial charge in [-0.3, -0.25) is 14.6 Å². The van der Waals surface area contributed by atoms with E-state index in [0.717, 1.165) is 54.6 Å². The van der Waals surface area contributed by atoms with Gasteiger partial charge in [-0.15, -0.1) is 0 Å². The van der Waals surface area contributed by atoms with Crippen molar-refractivity contribution in [2.75, 3.05) is 38.0 Å². The number of benzene rings is 2. The first-order chi connectivity index (χ1) is 12.5. The van der Waals surface area contributed by atoms with Crippen molar-refractivity contribution in [3.63, 3.8) is 0 Å². The van der Waals surface area contributed by atoms with Gasteiger partial charge in [-0.25, -0.2) is 0 Å². The minimum Gasteiger partial charge on any atom is -0.325 e. The van der Waals surface area contributed by atoms with Gasteiger partial charge < -0.3 is 5.32 Å². The van der Waals surface area contributed by atoms with Gasteiger partial charge in [0.25, 0.3) is 0 Å². The standard InChI is InChI=1S/C21H26ClN3O/c1-16-6-7-17(2)20(12-16)23-21(26)15-25-10-8-24(9-11-25)14-18-4-3-5-19(22)13-18/h3-7,12-13H,8-11,14-15H2,1-2H3,(H,23,26). The number of carbonyl (C=O) groups is 1. The third-order valence-electron chi connectivity index (χ3n) is 4.79. The predicted octanol–water partition coefficient (Wildman–Crippen LogP) is 3.71. The summed E-state index contributed by atoms with van der Waals surface area (Å²) in [6, 6.07) is 14.1. The summed E-state index contributed by atoms with van der Waals surface area (Å²) in [6.07, 6.45) is 0. The highest BCUT2D eigenvalue weighted by molar-refractivity contribution is 6.30. The lowest BCUT2D eigenvalue weighted by molar-refractivity contribution is -0.117. The second kappa shape index (κ2) is 8.67. The molecule has 1 fully saturated rings. The second-order valence-corrected chi connectivity index (χ2v) is 7.49. The van der Waals surface area contributed by atoms with Gasteiger partial charge in [0.1, 0.15) is 0 Å². The fraction of sp³-hybridized carbons (Fsp3) is 0.381. The normalized spacial score (nSPS) is 15.8. The van der Waals surface area contributed by atoms with Crippen molar-refractivity contribution in [2.45, 2.75) is 20.4 Å². The molecule has 138 valence electrons. The van der Waals surface area contributed by atoms with Crippen molar-refractivity contribution in [1.82, 2.24) is 9.80 Å². The number of piperazine rings is 1. The Balaban J connectivity index is 1.46. The lowest BCUT2D eigenvalue weighted by atomic mass is 10.1. The fourth-order valence-corrected chi connectivity index (χ4v) is 3.48. The summed E-state index contributed by atoms with van der Waals surface area (Å²) in [7, 11) is 0. The fourth-order valence-electron chi connectivity index (χ4n) is 3.26. The quantitative estimate of drug-likeness (QED) is 0.870. The molecule has 0 unspecified atom stereocenters. The zero-order chi connectivity index (χ0) is 18.5. The Morgan fingerprint density at radius 1 is 1.04 bits per heavy atom. The summed E-state index contributed by atoms with van der Waals surface area (Å²) in [5, 5.41) is 3.83. The second-order valence-electron chi connectivity index (χ2n) is 7.05. The summed E-state index contributed by atoms with van der Waals surface area (Å²) in [5.41, 5.74) is 4.39. The molecule has 0 aliphatic carbocycles. The average Bonchev–Trinajstić information content (AvgIpc) is 2.60. The van der Waals surface area contributed by atoms with Gasteiger partial charge in [0.15, 0.2) is 0 Å². The molecule has 0 atom stereocenters. The molecule has 2 aromatic carbocycles. The maximum atomic E-state index is 12.4. The highest BCUT2D eigenvalue weighted by Gasteiger charge is 2.19. The van der Waals surface area contributed by atoms with Gasteiger partial charge >= 0.3 is 0 Å². The van der Waals surface area contributed by atoms with E-state index in [9.17, 15) is 4.79 Å². The molecule has 3 rings (SSSR count). The molecule has 5 heteroatoms. The summed E-state index contributed by atoms with van der Waals surface area (Å²) < 4.78 is 0. The number of anilines is 1. The molecule has 1 aliphatic heterocycles. The van der Waals surface area contributed by atoms with Gasteiger partial charge in [-0.2, -0.15) is 0 Å². The monoisotopic (exact) mass is 371 g/mol. The van der Waals surface area contributed by atoms with E-state index in [1.807, 2.05) is 44.2 Å². The van der Waals surface area contributed by atoms with Crippen LogP contribution in [0, 0.1) is 13.8 Å². The molecule has 26 heavy (non-hydrogen) atoms. The molecule has 1 N–H and O–H groups in total. The summed E-state index contributed by atoms with van der Waals surface area (Å²) in [5.74, 6) is 0.0574. The Morgan fingerprint density at radius 3 is 2.50 bits per heavy atom. The van der Waals surface area contributed by atoms with Crippen LogP contribution in [0.15, 0.2) is 42.5 Å². The highest BCUT2D eigenvalue weighted by atomic mass is 35.5. The zero-order valence-corrected chi connectivity index (χ0v) is 16.2. The Hall–Kier alpha value is -1.88. The number of carbonyl (C=O) groups excluding carboxylic acids is 1. The van der Waals surface area contributed by atoms with Gasteiger partial charge in [-0.1, -0.05) is 35.9 Å². The molecular formula is C21H26ClN3O. The smallest absolute Gasteiger partial charge is 0.238 e. The molecule has 0 bridgehead atoms. The number of aryl methyl sites for hydroxylation is 2. The van der Waals surface area contributed by atoms with Crippen LogP contribution in [-0.4, -0.2) is 48.4 Å². The largest absolute Gasteiger partial charge is 0.325 e. The molecule has 2 aromatic rings. The minimum absolute atomic E-state index is 0.0574. The number of hydrogen-bond acceptors (Lipinski definition) is 3. The number of nitrogens with zero attached hydrogens (tertiary/aromatic N) is 2. The maximum absolute atomic E-state index is 12.4. The van der Waals surface area contributed by atoms with E-state index in [4.69, 9.17) is 11.6 Å². The lowest BCUT2D eigenvalue weighted by Gasteiger charge is -2.34. The van der Waals surface area contributed by atoms with Crippen LogP contribution in [0.2, 0.25) is 5.02 Å². The number of halogens is 1. The molecule has 1 heterocycles. The molecule has 1 amide bonds. The van der Waals surface area contributed by atoms with Gasteiger partial charge in [-0.05, 0) is 48.7 Å². The van der Waals surface area contributed by atoms with Crippen molar-refractivity contribution in [1.29, 1.82) is 0 Å². The topological polar surface area (TPSA) is 35.6 Å². The highest BCUT2D eigenvalue weighted by Crippen LogP contribution is 2.17. The Bertz CT molecular complexity index is 770. The van der Waals surface area contributed by atoms with E-state index in [2.05, 4.69) is 27.2 Å². The zero-order valence-electron chi connectivity index (χ0n) is 15.5. The first kappa shape index (κ1) is 18.9.